The molecule has 0 atom stereocenters. The van der Waals surface area contributed by atoms with Gasteiger partial charge in [-0.3, -0.25) is 14.2 Å². The molecule has 4 fully saturated rings. The number of nitrogens with two attached hydrogens (primary N) is 2. The van der Waals surface area contributed by atoms with Crippen LogP contribution in [0.3, 0.4) is 0 Å². The Morgan fingerprint density at radius 3 is 2.41 bits per heavy atom. The number of primary amides is 1. The number of fused-ring (bicyclic) bond motifs is 1. The van der Waals surface area contributed by atoms with Gasteiger partial charge in [0, 0.05) is 19.3 Å². The van der Waals surface area contributed by atoms with Gasteiger partial charge in [-0.05, 0) is 49.1 Å². The van der Waals surface area contributed by atoms with Gasteiger partial charge in [0.05, 0.1) is 16.4 Å². The van der Waals surface area contributed by atoms with E-state index in [0.717, 1.165) is 17.8 Å². The van der Waals surface area contributed by atoms with E-state index in [1.54, 1.807) is 6.07 Å². The minimum Gasteiger partial charge on any atom is -0.368 e. The largest absolute Gasteiger partial charge is 0.368 e. The third-order valence-electron chi connectivity index (χ3n) is 7.06. The molecule has 1 aromatic carbocycles. The van der Waals surface area contributed by atoms with E-state index < -0.39 is 5.91 Å². The summed E-state index contributed by atoms with van der Waals surface area (Å²) in [5.74, 6) is 2.79. The van der Waals surface area contributed by atoms with Crippen LogP contribution in [0.25, 0.3) is 10.9 Å². The molecule has 2 aromatic rings. The van der Waals surface area contributed by atoms with Crippen LogP contribution in [-0.2, 0) is 17.9 Å². The van der Waals surface area contributed by atoms with Gasteiger partial charge in [-0.1, -0.05) is 12.1 Å². The van der Waals surface area contributed by atoms with E-state index in [0.29, 0.717) is 28.8 Å². The average Bonchev–Trinajstić information content (AvgIpc) is 2.61. The fourth-order valence-corrected chi connectivity index (χ4v) is 6.42. The van der Waals surface area contributed by atoms with Crippen LogP contribution in [0.15, 0.2) is 29.1 Å². The number of rotatable bonds is 5. The van der Waals surface area contributed by atoms with Crippen molar-refractivity contribution in [1.29, 1.82) is 0 Å². The Bertz CT molecular complexity index is 929. The first kappa shape index (κ1) is 16.9. The lowest BCUT2D eigenvalue weighted by molar-refractivity contribution is -0.753. The molecular formula is C21H27N4O2+. The molecule has 4 N–H and O–H groups in total. The zero-order valence-corrected chi connectivity index (χ0v) is 15.6. The molecule has 6 rings (SSSR count). The van der Waals surface area contributed by atoms with Crippen molar-refractivity contribution in [2.24, 2.45) is 23.5 Å². The minimum atomic E-state index is -0.509. The summed E-state index contributed by atoms with van der Waals surface area (Å²) in [5.41, 5.74) is 6.23. The summed E-state index contributed by atoms with van der Waals surface area (Å²) in [4.78, 5) is 29.2. The molecule has 1 heterocycles. The first-order valence-electron chi connectivity index (χ1n) is 10.1. The van der Waals surface area contributed by atoms with Crippen molar-refractivity contribution < 1.29 is 10.1 Å². The summed E-state index contributed by atoms with van der Waals surface area (Å²) in [6, 6.07) is 7.33. The highest BCUT2D eigenvalue weighted by molar-refractivity contribution is 5.78. The summed E-state index contributed by atoms with van der Waals surface area (Å²) in [6.45, 7) is 0.514. The zero-order valence-electron chi connectivity index (χ0n) is 15.6. The van der Waals surface area contributed by atoms with Gasteiger partial charge in [0.25, 0.3) is 5.56 Å². The van der Waals surface area contributed by atoms with Gasteiger partial charge in [0.15, 0.2) is 5.82 Å². The molecule has 4 aliphatic rings. The predicted molar refractivity (Wildman–Crippen MR) is 102 cm³/mol. The number of hydrogen-bond acceptors (Lipinski definition) is 3. The SMILES string of the molecule is NC(=O)Cn1c(C[NH2+]C23CC4CC(CC(C4)C2)C3)nc2ccccc2c1=O. The Labute approximate surface area is 158 Å². The van der Waals surface area contributed by atoms with Crippen LogP contribution in [-0.4, -0.2) is 21.0 Å². The molecule has 4 aliphatic carbocycles. The fourth-order valence-electron chi connectivity index (χ4n) is 6.42. The molecule has 0 aliphatic heterocycles. The van der Waals surface area contributed by atoms with Gasteiger partial charge in [-0.25, -0.2) is 4.98 Å². The molecule has 0 spiro atoms. The van der Waals surface area contributed by atoms with Crippen molar-refractivity contribution in [2.45, 2.75) is 57.2 Å². The molecule has 142 valence electrons. The fraction of sp³-hybridized carbons (Fsp3) is 0.571. The number of quaternary nitrogens is 1. The van der Waals surface area contributed by atoms with E-state index in [4.69, 9.17) is 10.7 Å². The minimum absolute atomic E-state index is 0.110. The van der Waals surface area contributed by atoms with E-state index >= 15 is 0 Å². The molecule has 0 saturated heterocycles. The normalized spacial score (nSPS) is 31.5. The number of carbonyl (C=O) groups excluding carboxylic acids is 1. The smallest absolute Gasteiger partial charge is 0.262 e. The molecule has 0 unspecified atom stereocenters. The van der Waals surface area contributed by atoms with Crippen LogP contribution in [0.4, 0.5) is 0 Å². The maximum absolute atomic E-state index is 12.9. The van der Waals surface area contributed by atoms with Gasteiger partial charge in [-0.2, -0.15) is 0 Å². The van der Waals surface area contributed by atoms with Crippen molar-refractivity contribution in [3.63, 3.8) is 0 Å². The van der Waals surface area contributed by atoms with E-state index in [9.17, 15) is 9.59 Å². The third-order valence-corrected chi connectivity index (χ3v) is 7.06. The maximum Gasteiger partial charge on any atom is 0.262 e. The monoisotopic (exact) mass is 367 g/mol. The Kier molecular flexibility index (Phi) is 3.86. The van der Waals surface area contributed by atoms with Gasteiger partial charge < -0.3 is 11.1 Å². The van der Waals surface area contributed by atoms with Crippen molar-refractivity contribution in [3.8, 4) is 0 Å². The van der Waals surface area contributed by atoms with Crippen LogP contribution in [0.2, 0.25) is 0 Å². The number of amides is 1. The van der Waals surface area contributed by atoms with E-state index in [1.165, 1.54) is 43.1 Å². The standard InChI is InChI=1S/C21H26N4O2/c22-18(26)12-25-19(24-17-4-2-1-3-16(17)20(25)27)11-23-21-8-13-5-14(9-21)7-15(6-13)10-21/h1-4,13-15,23H,5-12H2,(H2,22,26)/p+1. The molecule has 6 heteroatoms. The van der Waals surface area contributed by atoms with Crippen molar-refractivity contribution in [2.75, 3.05) is 0 Å². The average molecular weight is 367 g/mol. The van der Waals surface area contributed by atoms with Crippen LogP contribution < -0.4 is 16.6 Å². The molecule has 27 heavy (non-hydrogen) atoms. The van der Waals surface area contributed by atoms with Crippen molar-refractivity contribution in [3.05, 3.63) is 40.4 Å². The van der Waals surface area contributed by atoms with Gasteiger partial charge in [0.2, 0.25) is 5.91 Å². The lowest BCUT2D eigenvalue weighted by Crippen LogP contribution is -2.98. The van der Waals surface area contributed by atoms with Crippen LogP contribution in [0.5, 0.6) is 0 Å². The molecule has 1 aromatic heterocycles. The highest BCUT2D eigenvalue weighted by Gasteiger charge is 2.53. The summed E-state index contributed by atoms with van der Waals surface area (Å²) in [7, 11) is 0. The molecule has 6 nitrogen and oxygen atoms in total. The van der Waals surface area contributed by atoms with Crippen LogP contribution in [0, 0.1) is 17.8 Å². The number of carbonyl (C=O) groups is 1. The van der Waals surface area contributed by atoms with Gasteiger partial charge in [0.1, 0.15) is 13.1 Å². The second kappa shape index (κ2) is 6.16. The number of nitrogens with zero attached hydrogens (tertiary/aromatic N) is 2. The highest BCUT2D eigenvalue weighted by Crippen LogP contribution is 2.54. The summed E-state index contributed by atoms with van der Waals surface area (Å²) >= 11 is 0. The molecule has 1 amide bonds. The highest BCUT2D eigenvalue weighted by atomic mass is 16.2. The zero-order chi connectivity index (χ0) is 18.6. The van der Waals surface area contributed by atoms with Crippen LogP contribution >= 0.6 is 0 Å². The van der Waals surface area contributed by atoms with Crippen molar-refractivity contribution in [1.82, 2.24) is 9.55 Å². The Morgan fingerprint density at radius 1 is 1.15 bits per heavy atom. The second-order valence-corrected chi connectivity index (χ2v) is 9.09. The second-order valence-electron chi connectivity index (χ2n) is 9.09. The van der Waals surface area contributed by atoms with Gasteiger partial charge >= 0.3 is 0 Å². The molecule has 4 bridgehead atoms. The topological polar surface area (TPSA) is 94.6 Å². The summed E-state index contributed by atoms with van der Waals surface area (Å²) < 4.78 is 1.47. The van der Waals surface area contributed by atoms with Crippen LogP contribution in [0.1, 0.15) is 44.3 Å². The molecule has 0 radical (unpaired) electrons. The summed E-state index contributed by atoms with van der Waals surface area (Å²) in [6.07, 6.45) is 8.08. The summed E-state index contributed by atoms with van der Waals surface area (Å²) in [5, 5.41) is 2.96. The Balaban J connectivity index is 1.47. The lowest BCUT2D eigenvalue weighted by Gasteiger charge is -2.54. The van der Waals surface area contributed by atoms with Crippen molar-refractivity contribution >= 4 is 16.8 Å². The third kappa shape index (κ3) is 2.96. The Hall–Kier alpha value is -2.21. The quantitative estimate of drug-likeness (QED) is 0.822. The first-order valence-corrected chi connectivity index (χ1v) is 10.1. The molecule has 4 saturated carbocycles. The predicted octanol–water partition coefficient (Wildman–Crippen LogP) is 0.914. The van der Waals surface area contributed by atoms with E-state index in [-0.39, 0.29) is 12.1 Å². The Morgan fingerprint density at radius 2 is 1.78 bits per heavy atom. The lowest BCUT2D eigenvalue weighted by atomic mass is 9.53. The first-order chi connectivity index (χ1) is 13.0. The number of benzene rings is 1. The number of hydrogen-bond donors (Lipinski definition) is 2. The number of aromatic nitrogens is 2. The van der Waals surface area contributed by atoms with E-state index in [1.807, 2.05) is 18.2 Å². The van der Waals surface area contributed by atoms with E-state index in [2.05, 4.69) is 5.32 Å². The molecular weight excluding hydrogens is 340 g/mol. The van der Waals surface area contributed by atoms with Gasteiger partial charge in [-0.15, -0.1) is 0 Å². The number of para-hydroxylation sites is 1. The maximum atomic E-state index is 12.9.